The van der Waals surface area contributed by atoms with Gasteiger partial charge in [-0.3, -0.25) is 9.59 Å². The van der Waals surface area contributed by atoms with E-state index < -0.39 is 5.41 Å². The number of ether oxygens (including phenoxy) is 2. The zero-order valence-electron chi connectivity index (χ0n) is 16.6. The molecule has 4 saturated heterocycles. The topological polar surface area (TPSA) is 79.9 Å². The van der Waals surface area contributed by atoms with Gasteiger partial charge in [-0.05, 0) is 58.0 Å². The molecule has 1 saturated carbocycles. The molecule has 2 amide bonds. The van der Waals surface area contributed by atoms with Crippen LogP contribution in [0.25, 0.3) is 0 Å². The maximum Gasteiger partial charge on any atom is 0.231 e. The minimum absolute atomic E-state index is 0.0302. The third-order valence-corrected chi connectivity index (χ3v) is 7.05. The molecule has 0 aromatic carbocycles. The lowest BCUT2D eigenvalue weighted by Gasteiger charge is -2.49. The highest BCUT2D eigenvalue weighted by atomic mass is 16.5. The lowest BCUT2D eigenvalue weighted by atomic mass is 9.53. The number of carbonyl (C=O) groups is 2. The molecule has 4 heterocycles. The number of rotatable bonds is 5. The molecule has 0 radical (unpaired) electrons. The molecule has 27 heavy (non-hydrogen) atoms. The molecule has 152 valence electrons. The Labute approximate surface area is 161 Å². The van der Waals surface area contributed by atoms with E-state index in [1.165, 1.54) is 0 Å². The molecule has 2 bridgehead atoms. The summed E-state index contributed by atoms with van der Waals surface area (Å²) in [5.41, 5.74) is -1.18. The number of nitrogens with one attached hydrogen (secondary N) is 2. The molecule has 1 atom stereocenters. The second-order valence-electron chi connectivity index (χ2n) is 9.13. The van der Waals surface area contributed by atoms with Gasteiger partial charge < -0.3 is 25.0 Å². The summed E-state index contributed by atoms with van der Waals surface area (Å²) in [6.07, 6.45) is 6.82. The number of carbonyl (C=O) groups excluding carboxylic acids is 2. The molecule has 5 fully saturated rings. The van der Waals surface area contributed by atoms with Crippen molar-refractivity contribution >= 4 is 11.8 Å². The van der Waals surface area contributed by atoms with Gasteiger partial charge in [0.1, 0.15) is 0 Å². The van der Waals surface area contributed by atoms with Crippen LogP contribution >= 0.6 is 0 Å². The summed E-state index contributed by atoms with van der Waals surface area (Å²) < 4.78 is 12.3. The number of hydrogen-bond donors (Lipinski definition) is 2. The van der Waals surface area contributed by atoms with Crippen molar-refractivity contribution in [2.24, 2.45) is 5.41 Å². The number of hydrogen-bond acceptors (Lipinski definition) is 5. The number of nitrogens with zero attached hydrogens (tertiary/aromatic N) is 1. The third-order valence-electron chi connectivity index (χ3n) is 7.05. The molecule has 7 nitrogen and oxygen atoms in total. The summed E-state index contributed by atoms with van der Waals surface area (Å²) >= 11 is 0. The quantitative estimate of drug-likeness (QED) is 0.739. The van der Waals surface area contributed by atoms with Crippen molar-refractivity contribution in [1.29, 1.82) is 0 Å². The van der Waals surface area contributed by atoms with Crippen LogP contribution in [0.1, 0.15) is 51.4 Å². The van der Waals surface area contributed by atoms with Gasteiger partial charge in [-0.1, -0.05) is 0 Å². The highest BCUT2D eigenvalue weighted by Crippen LogP contribution is 2.69. The van der Waals surface area contributed by atoms with Crippen LogP contribution in [0.5, 0.6) is 0 Å². The van der Waals surface area contributed by atoms with Gasteiger partial charge >= 0.3 is 0 Å². The van der Waals surface area contributed by atoms with Crippen LogP contribution in [0.2, 0.25) is 0 Å². The first-order chi connectivity index (χ1) is 12.9. The summed E-state index contributed by atoms with van der Waals surface area (Å²) in [6.45, 7) is 3.01. The smallest absolute Gasteiger partial charge is 0.231 e. The summed E-state index contributed by atoms with van der Waals surface area (Å²) in [5.74, 6) is 0.210. The molecule has 0 aromatic rings. The summed E-state index contributed by atoms with van der Waals surface area (Å²) in [6, 6.07) is 0. The van der Waals surface area contributed by atoms with Crippen LogP contribution in [-0.4, -0.2) is 74.4 Å². The molecule has 1 unspecified atom stereocenters. The van der Waals surface area contributed by atoms with E-state index in [1.54, 1.807) is 4.90 Å². The normalized spacial score (nSPS) is 36.9. The van der Waals surface area contributed by atoms with Crippen LogP contribution in [0.4, 0.5) is 0 Å². The van der Waals surface area contributed by atoms with Crippen LogP contribution < -0.4 is 10.6 Å². The Morgan fingerprint density at radius 1 is 1.19 bits per heavy atom. The van der Waals surface area contributed by atoms with E-state index >= 15 is 0 Å². The zero-order chi connectivity index (χ0) is 19.1. The van der Waals surface area contributed by atoms with Gasteiger partial charge in [-0.15, -0.1) is 0 Å². The summed E-state index contributed by atoms with van der Waals surface area (Å²) in [7, 11) is 3.66. The molecule has 0 aromatic heterocycles. The molecule has 1 aliphatic carbocycles. The maximum atomic E-state index is 13.0. The maximum absolute atomic E-state index is 13.0. The van der Waals surface area contributed by atoms with Crippen molar-refractivity contribution in [3.8, 4) is 0 Å². The van der Waals surface area contributed by atoms with Crippen molar-refractivity contribution in [2.75, 3.05) is 40.3 Å². The van der Waals surface area contributed by atoms with E-state index in [1.807, 2.05) is 14.1 Å². The minimum atomic E-state index is -0.421. The average molecular weight is 380 g/mol. The predicted molar refractivity (Wildman–Crippen MR) is 100 cm³/mol. The first-order valence-corrected chi connectivity index (χ1v) is 10.4. The molecule has 5 rings (SSSR count). The van der Waals surface area contributed by atoms with Gasteiger partial charge in [-0.25, -0.2) is 0 Å². The van der Waals surface area contributed by atoms with E-state index in [0.717, 1.165) is 64.6 Å². The third kappa shape index (κ3) is 3.17. The fourth-order valence-corrected chi connectivity index (χ4v) is 5.81. The molecule has 1 spiro atoms. The van der Waals surface area contributed by atoms with E-state index in [2.05, 4.69) is 10.6 Å². The van der Waals surface area contributed by atoms with Crippen molar-refractivity contribution < 1.29 is 19.1 Å². The fourth-order valence-electron chi connectivity index (χ4n) is 5.81. The standard InChI is InChI=1S/C20H33N3O4/c1-23(2)17(25)19-12-18(13-19,27-20(19)6-8-21-9-7-20)14-22-16(24)11-15-5-3-4-10-26-15/h15,21H,3-14H2,1-2H3,(H,22,24). The van der Waals surface area contributed by atoms with Crippen LogP contribution in [0.3, 0.4) is 0 Å². The Morgan fingerprint density at radius 2 is 1.93 bits per heavy atom. The van der Waals surface area contributed by atoms with E-state index in [-0.39, 0.29) is 29.1 Å². The molecular weight excluding hydrogens is 346 g/mol. The minimum Gasteiger partial charge on any atom is -0.378 e. The van der Waals surface area contributed by atoms with Crippen molar-refractivity contribution in [3.63, 3.8) is 0 Å². The number of amides is 2. The van der Waals surface area contributed by atoms with Crippen molar-refractivity contribution in [2.45, 2.75) is 68.7 Å². The lowest BCUT2D eigenvalue weighted by Crippen LogP contribution is -2.61. The van der Waals surface area contributed by atoms with Crippen molar-refractivity contribution in [3.05, 3.63) is 0 Å². The Bertz CT molecular complexity index is 588. The number of piperidine rings is 1. The van der Waals surface area contributed by atoms with Crippen LogP contribution in [-0.2, 0) is 19.1 Å². The highest BCUT2D eigenvalue weighted by Gasteiger charge is 2.77. The molecule has 5 aliphatic rings. The van der Waals surface area contributed by atoms with Gasteiger partial charge in [0, 0.05) is 27.2 Å². The van der Waals surface area contributed by atoms with E-state index in [9.17, 15) is 9.59 Å². The zero-order valence-corrected chi connectivity index (χ0v) is 16.6. The Hall–Kier alpha value is -1.18. The van der Waals surface area contributed by atoms with E-state index in [0.29, 0.717) is 13.0 Å². The molecule has 2 N–H and O–H groups in total. The fraction of sp³-hybridized carbons (Fsp3) is 0.900. The Morgan fingerprint density at radius 3 is 2.56 bits per heavy atom. The average Bonchev–Trinajstić information content (AvgIpc) is 3.05. The van der Waals surface area contributed by atoms with E-state index in [4.69, 9.17) is 9.47 Å². The Kier molecular flexibility index (Phi) is 4.97. The molecular formula is C20H33N3O4. The van der Waals surface area contributed by atoms with Gasteiger partial charge in [0.15, 0.2) is 0 Å². The van der Waals surface area contributed by atoms with Crippen LogP contribution in [0.15, 0.2) is 0 Å². The molecule has 4 aliphatic heterocycles. The first kappa shape index (κ1) is 19.2. The molecule has 7 heteroatoms. The highest BCUT2D eigenvalue weighted by molar-refractivity contribution is 5.86. The monoisotopic (exact) mass is 379 g/mol. The first-order valence-electron chi connectivity index (χ1n) is 10.4. The van der Waals surface area contributed by atoms with Gasteiger partial charge in [0.2, 0.25) is 11.8 Å². The summed E-state index contributed by atoms with van der Waals surface area (Å²) in [4.78, 5) is 27.1. The van der Waals surface area contributed by atoms with Gasteiger partial charge in [-0.2, -0.15) is 0 Å². The van der Waals surface area contributed by atoms with Gasteiger partial charge in [0.25, 0.3) is 0 Å². The second-order valence-corrected chi connectivity index (χ2v) is 9.13. The summed E-state index contributed by atoms with van der Waals surface area (Å²) in [5, 5.41) is 6.45. The predicted octanol–water partition coefficient (Wildman–Crippen LogP) is 0.821. The van der Waals surface area contributed by atoms with Crippen LogP contribution in [0, 0.1) is 5.41 Å². The Balaban J connectivity index is 1.40. The SMILES string of the molecule is CN(C)C(=O)C12CC(CNC(=O)CC3CCCCO3)(C1)OC21CCNCC1. The lowest BCUT2D eigenvalue weighted by molar-refractivity contribution is -0.149. The second kappa shape index (κ2) is 7.01. The van der Waals surface area contributed by atoms with Crippen molar-refractivity contribution in [1.82, 2.24) is 15.5 Å². The van der Waals surface area contributed by atoms with Gasteiger partial charge in [0.05, 0.1) is 29.1 Å². The largest absolute Gasteiger partial charge is 0.378 e.